The number of anilines is 1. The van der Waals surface area contributed by atoms with Crippen LogP contribution in [0, 0.1) is 0 Å². The molecule has 0 radical (unpaired) electrons. The molecule has 0 spiro atoms. The standard InChI is InChI=1S/C8H14N2OS/c1-2-7-6-12-8(10-7)9-4-3-5-11/h6,11H,2-5H2,1H3,(H,9,10). The van der Waals surface area contributed by atoms with E-state index in [1.807, 2.05) is 0 Å². The van der Waals surface area contributed by atoms with Crippen molar-refractivity contribution < 1.29 is 5.11 Å². The van der Waals surface area contributed by atoms with Crippen LogP contribution < -0.4 is 5.32 Å². The molecule has 0 aliphatic carbocycles. The number of hydrogen-bond acceptors (Lipinski definition) is 4. The molecule has 0 fully saturated rings. The van der Waals surface area contributed by atoms with Crippen molar-refractivity contribution >= 4 is 16.5 Å². The Labute approximate surface area is 76.5 Å². The zero-order valence-corrected chi connectivity index (χ0v) is 8.02. The van der Waals surface area contributed by atoms with Crippen LogP contribution >= 0.6 is 11.3 Å². The zero-order chi connectivity index (χ0) is 8.81. The molecule has 0 saturated heterocycles. The average molecular weight is 186 g/mol. The molecular weight excluding hydrogens is 172 g/mol. The van der Waals surface area contributed by atoms with Crippen LogP contribution in [0.5, 0.6) is 0 Å². The zero-order valence-electron chi connectivity index (χ0n) is 7.21. The quantitative estimate of drug-likeness (QED) is 0.685. The van der Waals surface area contributed by atoms with Crippen molar-refractivity contribution in [2.45, 2.75) is 19.8 Å². The third-order valence-electron chi connectivity index (χ3n) is 1.53. The van der Waals surface area contributed by atoms with E-state index in [-0.39, 0.29) is 6.61 Å². The fourth-order valence-corrected chi connectivity index (χ4v) is 1.65. The molecule has 1 aromatic rings. The minimum Gasteiger partial charge on any atom is -0.396 e. The number of aliphatic hydroxyl groups is 1. The molecule has 4 heteroatoms. The molecular formula is C8H14N2OS. The number of aryl methyl sites for hydroxylation is 1. The fraction of sp³-hybridized carbons (Fsp3) is 0.625. The number of nitrogens with zero attached hydrogens (tertiary/aromatic N) is 1. The monoisotopic (exact) mass is 186 g/mol. The number of nitrogens with one attached hydrogen (secondary N) is 1. The van der Waals surface area contributed by atoms with Gasteiger partial charge in [0, 0.05) is 18.5 Å². The van der Waals surface area contributed by atoms with Gasteiger partial charge in [0.2, 0.25) is 0 Å². The highest BCUT2D eigenvalue weighted by Gasteiger charge is 1.97. The first-order chi connectivity index (χ1) is 5.86. The Bertz CT molecular complexity index is 225. The van der Waals surface area contributed by atoms with Crippen molar-refractivity contribution in [2.75, 3.05) is 18.5 Å². The molecule has 2 N–H and O–H groups in total. The smallest absolute Gasteiger partial charge is 0.182 e. The van der Waals surface area contributed by atoms with Gasteiger partial charge in [-0.2, -0.15) is 0 Å². The van der Waals surface area contributed by atoms with Crippen LogP contribution in [0.15, 0.2) is 5.38 Å². The van der Waals surface area contributed by atoms with Crippen molar-refractivity contribution in [1.82, 2.24) is 4.98 Å². The summed E-state index contributed by atoms with van der Waals surface area (Å²) in [6.07, 6.45) is 1.76. The van der Waals surface area contributed by atoms with E-state index in [2.05, 4.69) is 22.6 Å². The van der Waals surface area contributed by atoms with Gasteiger partial charge in [0.1, 0.15) is 0 Å². The number of rotatable bonds is 5. The summed E-state index contributed by atoms with van der Waals surface area (Å²) in [6.45, 7) is 3.12. The van der Waals surface area contributed by atoms with Crippen LogP contribution in [0.4, 0.5) is 5.13 Å². The first-order valence-electron chi connectivity index (χ1n) is 4.16. The lowest BCUT2D eigenvalue weighted by Gasteiger charge is -1.98. The van der Waals surface area contributed by atoms with Crippen LogP contribution in [-0.2, 0) is 6.42 Å². The highest BCUT2D eigenvalue weighted by atomic mass is 32.1. The van der Waals surface area contributed by atoms with E-state index in [9.17, 15) is 0 Å². The second-order valence-corrected chi connectivity index (χ2v) is 3.36. The van der Waals surface area contributed by atoms with Crippen LogP contribution in [0.3, 0.4) is 0 Å². The molecule has 0 amide bonds. The molecule has 1 heterocycles. The molecule has 0 aliphatic rings. The second kappa shape index (κ2) is 5.11. The maximum Gasteiger partial charge on any atom is 0.182 e. The van der Waals surface area contributed by atoms with E-state index >= 15 is 0 Å². The van der Waals surface area contributed by atoms with Crippen LogP contribution in [0.25, 0.3) is 0 Å². The molecule has 12 heavy (non-hydrogen) atoms. The van der Waals surface area contributed by atoms with E-state index in [0.29, 0.717) is 0 Å². The largest absolute Gasteiger partial charge is 0.396 e. The van der Waals surface area contributed by atoms with E-state index in [1.165, 1.54) is 0 Å². The van der Waals surface area contributed by atoms with E-state index < -0.39 is 0 Å². The lowest BCUT2D eigenvalue weighted by Crippen LogP contribution is -2.02. The Morgan fingerprint density at radius 1 is 1.67 bits per heavy atom. The highest BCUT2D eigenvalue weighted by Crippen LogP contribution is 2.15. The summed E-state index contributed by atoms with van der Waals surface area (Å²) in [5.41, 5.74) is 1.13. The molecule has 1 aromatic heterocycles. The van der Waals surface area contributed by atoms with Crippen molar-refractivity contribution in [2.24, 2.45) is 0 Å². The summed E-state index contributed by atoms with van der Waals surface area (Å²) < 4.78 is 0. The summed E-state index contributed by atoms with van der Waals surface area (Å²) >= 11 is 1.62. The van der Waals surface area contributed by atoms with E-state index in [4.69, 9.17) is 5.11 Å². The van der Waals surface area contributed by atoms with Crippen molar-refractivity contribution in [3.8, 4) is 0 Å². The number of aromatic nitrogens is 1. The molecule has 68 valence electrons. The highest BCUT2D eigenvalue weighted by molar-refractivity contribution is 7.13. The molecule has 0 unspecified atom stereocenters. The molecule has 0 atom stereocenters. The van der Waals surface area contributed by atoms with Gasteiger partial charge in [0.05, 0.1) is 5.69 Å². The van der Waals surface area contributed by atoms with Gasteiger partial charge in [0.25, 0.3) is 0 Å². The Morgan fingerprint density at radius 3 is 3.08 bits per heavy atom. The van der Waals surface area contributed by atoms with Gasteiger partial charge in [-0.3, -0.25) is 0 Å². The summed E-state index contributed by atoms with van der Waals surface area (Å²) in [6, 6.07) is 0. The normalized spacial score (nSPS) is 10.2. The third kappa shape index (κ3) is 2.79. The van der Waals surface area contributed by atoms with Gasteiger partial charge >= 0.3 is 0 Å². The first kappa shape index (κ1) is 9.48. The Hall–Kier alpha value is -0.610. The molecule has 0 aromatic carbocycles. The summed E-state index contributed by atoms with van der Waals surface area (Å²) in [5, 5.41) is 14.7. The topological polar surface area (TPSA) is 45.1 Å². The van der Waals surface area contributed by atoms with Crippen LogP contribution in [0.2, 0.25) is 0 Å². The maximum atomic E-state index is 8.54. The Kier molecular flexibility index (Phi) is 4.04. The molecule has 0 bridgehead atoms. The SMILES string of the molecule is CCc1csc(NCCCO)n1. The van der Waals surface area contributed by atoms with Crippen LogP contribution in [-0.4, -0.2) is 23.2 Å². The van der Waals surface area contributed by atoms with Crippen LogP contribution in [0.1, 0.15) is 19.0 Å². The van der Waals surface area contributed by atoms with Gasteiger partial charge < -0.3 is 10.4 Å². The van der Waals surface area contributed by atoms with Crippen molar-refractivity contribution in [3.63, 3.8) is 0 Å². The summed E-state index contributed by atoms with van der Waals surface area (Å²) in [5.74, 6) is 0. The predicted octanol–water partition coefficient (Wildman–Crippen LogP) is 1.50. The van der Waals surface area contributed by atoms with Gasteiger partial charge in [0.15, 0.2) is 5.13 Å². The second-order valence-electron chi connectivity index (χ2n) is 2.50. The number of aliphatic hydroxyl groups excluding tert-OH is 1. The predicted molar refractivity (Wildman–Crippen MR) is 51.7 cm³/mol. The van der Waals surface area contributed by atoms with E-state index in [1.54, 1.807) is 11.3 Å². The minimum atomic E-state index is 0.235. The van der Waals surface area contributed by atoms with Gasteiger partial charge in [-0.1, -0.05) is 6.92 Å². The van der Waals surface area contributed by atoms with E-state index in [0.717, 1.165) is 30.2 Å². The lowest BCUT2D eigenvalue weighted by molar-refractivity contribution is 0.292. The molecule has 0 saturated carbocycles. The van der Waals surface area contributed by atoms with Crippen molar-refractivity contribution in [1.29, 1.82) is 0 Å². The number of thiazole rings is 1. The Balaban J connectivity index is 2.31. The first-order valence-corrected chi connectivity index (χ1v) is 5.04. The van der Waals surface area contributed by atoms with Gasteiger partial charge in [-0.05, 0) is 12.8 Å². The third-order valence-corrected chi connectivity index (χ3v) is 2.37. The number of hydrogen-bond donors (Lipinski definition) is 2. The minimum absolute atomic E-state index is 0.235. The van der Waals surface area contributed by atoms with Gasteiger partial charge in [-0.25, -0.2) is 4.98 Å². The van der Waals surface area contributed by atoms with Gasteiger partial charge in [-0.15, -0.1) is 11.3 Å². The fourth-order valence-electron chi connectivity index (χ4n) is 0.825. The Morgan fingerprint density at radius 2 is 2.50 bits per heavy atom. The average Bonchev–Trinajstić information content (AvgIpc) is 2.53. The summed E-state index contributed by atoms with van der Waals surface area (Å²) in [4.78, 5) is 4.33. The summed E-state index contributed by atoms with van der Waals surface area (Å²) in [7, 11) is 0. The molecule has 0 aliphatic heterocycles. The molecule has 3 nitrogen and oxygen atoms in total. The van der Waals surface area contributed by atoms with Crippen molar-refractivity contribution in [3.05, 3.63) is 11.1 Å². The maximum absolute atomic E-state index is 8.54. The lowest BCUT2D eigenvalue weighted by atomic mass is 10.4. The molecule has 1 rings (SSSR count).